The summed E-state index contributed by atoms with van der Waals surface area (Å²) in [6.07, 6.45) is 14.2. The standard InChI is InChI=1S/C12H14F/c13-12-8-4-3-7-11(12)9-10-5-1-2-6-10/h3-4,7,9-10,12H,1-2,5-6H2/b11-9+. The second kappa shape index (κ2) is 3.91. The van der Waals surface area contributed by atoms with Crippen LogP contribution < -0.4 is 0 Å². The maximum Gasteiger partial charge on any atom is 0.150 e. The molecule has 0 spiro atoms. The summed E-state index contributed by atoms with van der Waals surface area (Å²) in [5, 5.41) is 0. The van der Waals surface area contributed by atoms with Crippen LogP contribution in [0.15, 0.2) is 29.9 Å². The van der Waals surface area contributed by atoms with Crippen molar-refractivity contribution in [2.75, 3.05) is 0 Å². The van der Waals surface area contributed by atoms with E-state index in [1.165, 1.54) is 25.7 Å². The first kappa shape index (κ1) is 8.74. The molecule has 0 aromatic heterocycles. The highest BCUT2D eigenvalue weighted by molar-refractivity contribution is 5.32. The molecule has 1 heteroatoms. The summed E-state index contributed by atoms with van der Waals surface area (Å²) < 4.78 is 13.2. The van der Waals surface area contributed by atoms with Gasteiger partial charge in [0.05, 0.1) is 0 Å². The van der Waals surface area contributed by atoms with E-state index in [1.807, 2.05) is 12.2 Å². The smallest absolute Gasteiger partial charge is 0.150 e. The molecule has 0 aromatic carbocycles. The monoisotopic (exact) mass is 177 g/mol. The minimum Gasteiger partial charge on any atom is -0.237 e. The fourth-order valence-corrected chi connectivity index (χ4v) is 2.02. The Morgan fingerprint density at radius 1 is 1.38 bits per heavy atom. The van der Waals surface area contributed by atoms with Crippen LogP contribution in [0.4, 0.5) is 4.39 Å². The van der Waals surface area contributed by atoms with E-state index in [1.54, 1.807) is 6.08 Å². The van der Waals surface area contributed by atoms with Gasteiger partial charge in [-0.15, -0.1) is 0 Å². The molecule has 0 heterocycles. The Hall–Kier alpha value is -0.850. The molecule has 1 unspecified atom stereocenters. The number of hydrogen-bond acceptors (Lipinski definition) is 0. The fraction of sp³-hybridized carbons (Fsp3) is 0.500. The fourth-order valence-electron chi connectivity index (χ4n) is 2.02. The quantitative estimate of drug-likeness (QED) is 0.576. The van der Waals surface area contributed by atoms with Crippen LogP contribution in [0.5, 0.6) is 0 Å². The molecule has 0 bridgehead atoms. The molecule has 13 heavy (non-hydrogen) atoms. The van der Waals surface area contributed by atoms with Crippen molar-refractivity contribution in [3.63, 3.8) is 0 Å². The van der Waals surface area contributed by atoms with Crippen LogP contribution in [0.25, 0.3) is 0 Å². The van der Waals surface area contributed by atoms with Crippen molar-refractivity contribution in [3.05, 3.63) is 36.0 Å². The lowest BCUT2D eigenvalue weighted by Gasteiger charge is -2.10. The molecular weight excluding hydrogens is 163 g/mol. The average Bonchev–Trinajstić information content (AvgIpc) is 2.61. The maximum atomic E-state index is 13.2. The van der Waals surface area contributed by atoms with E-state index < -0.39 is 6.17 Å². The van der Waals surface area contributed by atoms with Crippen molar-refractivity contribution >= 4 is 0 Å². The summed E-state index contributed by atoms with van der Waals surface area (Å²) in [7, 11) is 0. The zero-order valence-corrected chi connectivity index (χ0v) is 7.67. The molecule has 0 nitrogen and oxygen atoms in total. The van der Waals surface area contributed by atoms with Gasteiger partial charge in [-0.2, -0.15) is 0 Å². The van der Waals surface area contributed by atoms with Gasteiger partial charge in [0.2, 0.25) is 0 Å². The lowest BCUT2D eigenvalue weighted by molar-refractivity contribution is 0.441. The molecule has 0 N–H and O–H groups in total. The Morgan fingerprint density at radius 2 is 2.15 bits per heavy atom. The summed E-state index contributed by atoms with van der Waals surface area (Å²) in [6.45, 7) is 0. The Balaban J connectivity index is 2.05. The number of hydrogen-bond donors (Lipinski definition) is 0. The van der Waals surface area contributed by atoms with Crippen LogP contribution in [0.2, 0.25) is 0 Å². The van der Waals surface area contributed by atoms with Gasteiger partial charge in [-0.25, -0.2) is 4.39 Å². The molecule has 0 saturated heterocycles. The van der Waals surface area contributed by atoms with Crippen LogP contribution >= 0.6 is 0 Å². The van der Waals surface area contributed by atoms with Gasteiger partial charge >= 0.3 is 0 Å². The van der Waals surface area contributed by atoms with Crippen molar-refractivity contribution < 1.29 is 4.39 Å². The van der Waals surface area contributed by atoms with E-state index in [0.29, 0.717) is 5.92 Å². The predicted octanol–water partition coefficient (Wildman–Crippen LogP) is 3.37. The van der Waals surface area contributed by atoms with E-state index in [9.17, 15) is 4.39 Å². The van der Waals surface area contributed by atoms with Crippen molar-refractivity contribution in [1.82, 2.24) is 0 Å². The van der Waals surface area contributed by atoms with Gasteiger partial charge in [0.15, 0.2) is 6.17 Å². The Morgan fingerprint density at radius 3 is 2.85 bits per heavy atom. The number of rotatable bonds is 1. The van der Waals surface area contributed by atoms with Gasteiger partial charge in [0, 0.05) is 0 Å². The van der Waals surface area contributed by atoms with Crippen molar-refractivity contribution in [2.24, 2.45) is 5.92 Å². The molecule has 1 radical (unpaired) electrons. The Bertz CT molecular complexity index is 254. The van der Waals surface area contributed by atoms with E-state index in [-0.39, 0.29) is 0 Å². The minimum atomic E-state index is -0.995. The minimum absolute atomic E-state index is 0.609. The van der Waals surface area contributed by atoms with Crippen molar-refractivity contribution in [2.45, 2.75) is 31.9 Å². The van der Waals surface area contributed by atoms with Gasteiger partial charge in [0.1, 0.15) is 0 Å². The third-order valence-electron chi connectivity index (χ3n) is 2.75. The highest BCUT2D eigenvalue weighted by atomic mass is 19.1. The molecule has 69 valence electrons. The first-order valence-electron chi connectivity index (χ1n) is 4.98. The van der Waals surface area contributed by atoms with Crippen molar-refractivity contribution in [1.29, 1.82) is 0 Å². The molecule has 2 aliphatic rings. The maximum absolute atomic E-state index is 13.2. The Kier molecular flexibility index (Phi) is 2.62. The molecule has 1 saturated carbocycles. The van der Waals surface area contributed by atoms with Crippen LogP contribution in [-0.4, -0.2) is 6.17 Å². The third-order valence-corrected chi connectivity index (χ3v) is 2.75. The molecule has 1 fully saturated rings. The van der Waals surface area contributed by atoms with Gasteiger partial charge < -0.3 is 0 Å². The largest absolute Gasteiger partial charge is 0.237 e. The lowest BCUT2D eigenvalue weighted by Crippen LogP contribution is -2.04. The van der Waals surface area contributed by atoms with E-state index in [0.717, 1.165) is 5.57 Å². The predicted molar refractivity (Wildman–Crippen MR) is 51.9 cm³/mol. The first-order valence-corrected chi connectivity index (χ1v) is 4.98. The molecular formula is C12H14F. The number of halogens is 1. The zero-order valence-electron chi connectivity index (χ0n) is 7.67. The molecule has 0 amide bonds. The highest BCUT2D eigenvalue weighted by Gasteiger charge is 2.16. The average molecular weight is 177 g/mol. The second-order valence-corrected chi connectivity index (χ2v) is 3.77. The topological polar surface area (TPSA) is 0 Å². The third kappa shape index (κ3) is 2.09. The van der Waals surface area contributed by atoms with Gasteiger partial charge in [-0.05, 0) is 30.4 Å². The van der Waals surface area contributed by atoms with Gasteiger partial charge in [0.25, 0.3) is 0 Å². The lowest BCUT2D eigenvalue weighted by atomic mass is 9.99. The number of allylic oxidation sites excluding steroid dienone is 6. The van der Waals surface area contributed by atoms with Gasteiger partial charge in [-0.1, -0.05) is 37.1 Å². The van der Waals surface area contributed by atoms with E-state index >= 15 is 0 Å². The zero-order chi connectivity index (χ0) is 9.10. The molecule has 1 atom stereocenters. The van der Waals surface area contributed by atoms with E-state index in [4.69, 9.17) is 0 Å². The normalized spacial score (nSPS) is 31.8. The number of alkyl halides is 1. The second-order valence-electron chi connectivity index (χ2n) is 3.77. The SMILES string of the molecule is FC1[C]=CC=C/C1=C\C1CCCC1. The summed E-state index contributed by atoms with van der Waals surface area (Å²) >= 11 is 0. The molecule has 2 aliphatic carbocycles. The molecule has 0 aliphatic heterocycles. The van der Waals surface area contributed by atoms with Crippen LogP contribution in [0.1, 0.15) is 25.7 Å². The first-order chi connectivity index (χ1) is 6.36. The Labute approximate surface area is 78.8 Å². The molecule has 2 rings (SSSR count). The van der Waals surface area contributed by atoms with Crippen LogP contribution in [0, 0.1) is 12.0 Å². The highest BCUT2D eigenvalue weighted by Crippen LogP contribution is 2.28. The van der Waals surface area contributed by atoms with Crippen LogP contribution in [-0.2, 0) is 0 Å². The van der Waals surface area contributed by atoms with Crippen LogP contribution in [0.3, 0.4) is 0 Å². The summed E-state index contributed by atoms with van der Waals surface area (Å²) in [6, 6.07) is 0. The molecule has 0 aromatic rings. The van der Waals surface area contributed by atoms with E-state index in [2.05, 4.69) is 12.2 Å². The summed E-state index contributed by atoms with van der Waals surface area (Å²) in [5.41, 5.74) is 0.800. The van der Waals surface area contributed by atoms with Crippen molar-refractivity contribution in [3.8, 4) is 0 Å². The van der Waals surface area contributed by atoms with Gasteiger partial charge in [-0.3, -0.25) is 0 Å². The summed E-state index contributed by atoms with van der Waals surface area (Å²) in [4.78, 5) is 0. The summed E-state index contributed by atoms with van der Waals surface area (Å²) in [5.74, 6) is 0.609.